The molecule has 112 valence electrons. The molecule has 7 heteroatoms. The summed E-state index contributed by atoms with van der Waals surface area (Å²) >= 11 is 5.41. The van der Waals surface area contributed by atoms with Crippen LogP contribution in [0.5, 0.6) is 0 Å². The Morgan fingerprint density at radius 3 is 3.24 bits per heavy atom. The summed E-state index contributed by atoms with van der Waals surface area (Å²) in [6, 6.07) is 1.99. The van der Waals surface area contributed by atoms with E-state index in [0.29, 0.717) is 11.1 Å². The fraction of sp³-hybridized carbons (Fsp3) is 0.571. The van der Waals surface area contributed by atoms with Crippen molar-refractivity contribution in [3.05, 3.63) is 11.4 Å². The zero-order valence-electron chi connectivity index (χ0n) is 11.6. The topological polar surface area (TPSA) is 61.0 Å². The fourth-order valence-corrected chi connectivity index (χ4v) is 6.41. The number of nitrogen functional groups attached to an aromatic ring is 1. The van der Waals surface area contributed by atoms with Crippen LogP contribution in [-0.2, 0) is 4.74 Å². The van der Waals surface area contributed by atoms with Gasteiger partial charge in [-0.3, -0.25) is 0 Å². The summed E-state index contributed by atoms with van der Waals surface area (Å²) < 4.78 is 6.08. The quantitative estimate of drug-likeness (QED) is 0.846. The SMILES string of the molecule is Nc1nc(SC2CCOC3(CCSC3)C2)nc2sccc12. The molecule has 0 amide bonds. The highest BCUT2D eigenvalue weighted by Gasteiger charge is 2.40. The van der Waals surface area contributed by atoms with Gasteiger partial charge in [0.15, 0.2) is 5.16 Å². The maximum atomic E-state index is 6.08. The first-order valence-electron chi connectivity index (χ1n) is 7.13. The minimum absolute atomic E-state index is 0.110. The molecule has 2 unspecified atom stereocenters. The largest absolute Gasteiger partial charge is 0.383 e. The molecule has 0 aliphatic carbocycles. The number of fused-ring (bicyclic) bond motifs is 1. The zero-order chi connectivity index (χ0) is 14.3. The van der Waals surface area contributed by atoms with Gasteiger partial charge in [-0.25, -0.2) is 9.97 Å². The van der Waals surface area contributed by atoms with E-state index in [1.165, 1.54) is 12.2 Å². The van der Waals surface area contributed by atoms with Crippen molar-refractivity contribution in [3.63, 3.8) is 0 Å². The summed E-state index contributed by atoms with van der Waals surface area (Å²) in [5, 5.41) is 4.34. The Morgan fingerprint density at radius 1 is 1.43 bits per heavy atom. The van der Waals surface area contributed by atoms with E-state index in [2.05, 4.69) is 9.97 Å². The second-order valence-corrected chi connectivity index (χ2v) is 8.86. The summed E-state index contributed by atoms with van der Waals surface area (Å²) in [5.74, 6) is 2.96. The van der Waals surface area contributed by atoms with Crippen molar-refractivity contribution in [1.29, 1.82) is 0 Å². The van der Waals surface area contributed by atoms with E-state index in [0.717, 1.165) is 40.6 Å². The summed E-state index contributed by atoms with van der Waals surface area (Å²) in [5.41, 5.74) is 6.15. The van der Waals surface area contributed by atoms with Crippen LogP contribution in [0.25, 0.3) is 10.2 Å². The van der Waals surface area contributed by atoms with Gasteiger partial charge in [-0.05, 0) is 36.5 Å². The molecule has 2 N–H and O–H groups in total. The molecule has 2 aliphatic heterocycles. The fourth-order valence-electron chi connectivity index (χ4n) is 3.01. The Hall–Kier alpha value is -0.500. The number of anilines is 1. The van der Waals surface area contributed by atoms with Crippen LogP contribution < -0.4 is 5.73 Å². The van der Waals surface area contributed by atoms with E-state index in [-0.39, 0.29) is 5.60 Å². The number of thiophene rings is 1. The lowest BCUT2D eigenvalue weighted by molar-refractivity contribution is -0.0562. The Balaban J connectivity index is 1.53. The van der Waals surface area contributed by atoms with Crippen LogP contribution in [0.3, 0.4) is 0 Å². The molecular weight excluding hydrogens is 322 g/mol. The van der Waals surface area contributed by atoms with Gasteiger partial charge in [0.05, 0.1) is 11.0 Å². The summed E-state index contributed by atoms with van der Waals surface area (Å²) in [6.45, 7) is 0.856. The summed E-state index contributed by atoms with van der Waals surface area (Å²) in [4.78, 5) is 10.1. The molecule has 0 aromatic carbocycles. The van der Waals surface area contributed by atoms with Gasteiger partial charge in [-0.1, -0.05) is 11.8 Å². The molecule has 2 aromatic heterocycles. The molecule has 0 radical (unpaired) electrons. The molecular formula is C14H17N3OS3. The number of hydrogen-bond donors (Lipinski definition) is 1. The zero-order valence-corrected chi connectivity index (χ0v) is 14.0. The lowest BCUT2D eigenvalue weighted by Gasteiger charge is -2.37. The monoisotopic (exact) mass is 339 g/mol. The molecule has 4 nitrogen and oxygen atoms in total. The molecule has 2 aliphatic rings. The lowest BCUT2D eigenvalue weighted by atomic mass is 9.93. The van der Waals surface area contributed by atoms with E-state index in [1.807, 2.05) is 23.2 Å². The van der Waals surface area contributed by atoms with Crippen molar-refractivity contribution >= 4 is 50.9 Å². The van der Waals surface area contributed by atoms with E-state index >= 15 is 0 Å². The third-order valence-corrected chi connectivity index (χ3v) is 7.28. The first kappa shape index (κ1) is 14.1. The number of thioether (sulfide) groups is 2. The van der Waals surface area contributed by atoms with Gasteiger partial charge < -0.3 is 10.5 Å². The van der Waals surface area contributed by atoms with Crippen molar-refractivity contribution in [2.24, 2.45) is 0 Å². The van der Waals surface area contributed by atoms with Crippen molar-refractivity contribution in [2.45, 2.75) is 35.3 Å². The highest BCUT2D eigenvalue weighted by molar-refractivity contribution is 8.00. The number of nitrogens with two attached hydrogens (primary N) is 1. The molecule has 2 aromatic rings. The predicted molar refractivity (Wildman–Crippen MR) is 91.3 cm³/mol. The predicted octanol–water partition coefficient (Wildman–Crippen LogP) is 3.42. The van der Waals surface area contributed by atoms with Gasteiger partial charge in [-0.2, -0.15) is 11.8 Å². The minimum Gasteiger partial charge on any atom is -0.383 e. The summed E-state index contributed by atoms with van der Waals surface area (Å²) in [6.07, 6.45) is 3.36. The molecule has 2 saturated heterocycles. The first-order chi connectivity index (χ1) is 10.2. The third kappa shape index (κ3) is 2.76. The molecule has 0 bridgehead atoms. The average molecular weight is 340 g/mol. The van der Waals surface area contributed by atoms with Crippen LogP contribution in [0, 0.1) is 0 Å². The third-order valence-electron chi connectivity index (χ3n) is 4.12. The van der Waals surface area contributed by atoms with Crippen molar-refractivity contribution < 1.29 is 4.74 Å². The van der Waals surface area contributed by atoms with Crippen LogP contribution in [-0.4, -0.2) is 38.9 Å². The molecule has 2 fully saturated rings. The highest BCUT2D eigenvalue weighted by atomic mass is 32.2. The van der Waals surface area contributed by atoms with Crippen molar-refractivity contribution in [1.82, 2.24) is 9.97 Å². The van der Waals surface area contributed by atoms with Crippen molar-refractivity contribution in [3.8, 4) is 0 Å². The van der Waals surface area contributed by atoms with Gasteiger partial charge in [0.1, 0.15) is 10.6 Å². The van der Waals surface area contributed by atoms with Gasteiger partial charge >= 0.3 is 0 Å². The Labute approximate surface area is 136 Å². The maximum absolute atomic E-state index is 6.08. The molecule has 4 rings (SSSR count). The minimum atomic E-state index is 0.110. The second kappa shape index (κ2) is 5.61. The molecule has 1 spiro atoms. The number of rotatable bonds is 2. The van der Waals surface area contributed by atoms with E-state index < -0.39 is 0 Å². The summed E-state index contributed by atoms with van der Waals surface area (Å²) in [7, 11) is 0. The van der Waals surface area contributed by atoms with E-state index in [1.54, 1.807) is 23.1 Å². The van der Waals surface area contributed by atoms with Crippen LogP contribution >= 0.6 is 34.9 Å². The number of aromatic nitrogens is 2. The van der Waals surface area contributed by atoms with Crippen LogP contribution in [0.1, 0.15) is 19.3 Å². The average Bonchev–Trinajstić information content (AvgIpc) is 3.09. The second-order valence-electron chi connectivity index (χ2n) is 5.60. The van der Waals surface area contributed by atoms with Gasteiger partial charge in [0.25, 0.3) is 0 Å². The standard InChI is InChI=1S/C14H17N3OS3/c15-11-10-2-5-20-12(10)17-13(16-11)21-9-1-4-18-14(7-9)3-6-19-8-14/h2,5,9H,1,3-4,6-8H2,(H2,15,16,17). The Bertz CT molecular complexity index is 654. The van der Waals surface area contributed by atoms with Crippen LogP contribution in [0.2, 0.25) is 0 Å². The molecule has 2 atom stereocenters. The van der Waals surface area contributed by atoms with Gasteiger partial charge in [0.2, 0.25) is 0 Å². The first-order valence-corrected chi connectivity index (χ1v) is 10.0. The molecule has 21 heavy (non-hydrogen) atoms. The number of nitrogens with zero attached hydrogens (tertiary/aromatic N) is 2. The smallest absolute Gasteiger partial charge is 0.191 e. The van der Waals surface area contributed by atoms with Gasteiger partial charge in [-0.15, -0.1) is 11.3 Å². The number of ether oxygens (including phenoxy) is 1. The maximum Gasteiger partial charge on any atom is 0.191 e. The van der Waals surface area contributed by atoms with Crippen molar-refractivity contribution in [2.75, 3.05) is 23.8 Å². The van der Waals surface area contributed by atoms with Gasteiger partial charge in [0, 0.05) is 17.6 Å². The van der Waals surface area contributed by atoms with E-state index in [4.69, 9.17) is 10.5 Å². The van der Waals surface area contributed by atoms with Crippen LogP contribution in [0.15, 0.2) is 16.6 Å². The highest BCUT2D eigenvalue weighted by Crippen LogP contribution is 2.42. The Kier molecular flexibility index (Phi) is 3.77. The molecule has 0 saturated carbocycles. The molecule has 4 heterocycles. The van der Waals surface area contributed by atoms with Crippen LogP contribution in [0.4, 0.5) is 5.82 Å². The Morgan fingerprint density at radius 2 is 2.38 bits per heavy atom. The normalized spacial score (nSPS) is 29.4. The lowest BCUT2D eigenvalue weighted by Crippen LogP contribution is -2.40. The number of hydrogen-bond acceptors (Lipinski definition) is 7. The van der Waals surface area contributed by atoms with E-state index in [9.17, 15) is 0 Å².